The predicted octanol–water partition coefficient (Wildman–Crippen LogP) is 2.99. The first-order valence-electron chi connectivity index (χ1n) is 12.0. The molecule has 1 aliphatic heterocycles. The molecular weight excluding hydrogens is 466 g/mol. The van der Waals surface area contributed by atoms with E-state index in [0.29, 0.717) is 19.4 Å². The van der Waals surface area contributed by atoms with Gasteiger partial charge in [0.05, 0.1) is 5.56 Å². The lowest BCUT2D eigenvalue weighted by Crippen LogP contribution is -2.51. The number of carbonyl (C=O) groups excluding carboxylic acids is 3. The van der Waals surface area contributed by atoms with Gasteiger partial charge in [0.15, 0.2) is 0 Å². The first-order chi connectivity index (χ1) is 16.7. The normalized spacial score (nSPS) is 15.1. The Balaban J connectivity index is 1.70. The monoisotopic (exact) mass is 499 g/mol. The molecule has 0 radical (unpaired) electrons. The van der Waals surface area contributed by atoms with Crippen LogP contribution in [0.3, 0.4) is 0 Å². The second-order valence-corrected chi connectivity index (χ2v) is 10.7. The average Bonchev–Trinajstić information content (AvgIpc) is 3.02. The zero-order valence-corrected chi connectivity index (χ0v) is 21.3. The van der Waals surface area contributed by atoms with Crippen molar-refractivity contribution in [1.82, 2.24) is 14.5 Å². The van der Waals surface area contributed by atoms with Crippen LogP contribution < -0.4 is 5.32 Å². The summed E-state index contributed by atoms with van der Waals surface area (Å²) in [7, 11) is -3.91. The van der Waals surface area contributed by atoms with Crippen LogP contribution in [0.4, 0.5) is 0 Å². The highest BCUT2D eigenvalue weighted by Gasteiger charge is 2.40. The van der Waals surface area contributed by atoms with Crippen LogP contribution in [0.2, 0.25) is 0 Å². The van der Waals surface area contributed by atoms with Gasteiger partial charge in [-0.2, -0.15) is 0 Å². The molecule has 1 unspecified atom stereocenters. The van der Waals surface area contributed by atoms with Gasteiger partial charge in [0, 0.05) is 25.6 Å². The second kappa shape index (κ2) is 11.5. The summed E-state index contributed by atoms with van der Waals surface area (Å²) in [5.74, 6) is -1.03. The summed E-state index contributed by atoms with van der Waals surface area (Å²) in [5, 5.41) is 2.89. The summed E-state index contributed by atoms with van der Waals surface area (Å²) in [6.45, 7) is 5.86. The smallest absolute Gasteiger partial charge is 0.269 e. The Labute approximate surface area is 207 Å². The van der Waals surface area contributed by atoms with Crippen molar-refractivity contribution >= 4 is 27.7 Å². The second-order valence-electron chi connectivity index (χ2n) is 8.89. The molecule has 0 saturated heterocycles. The highest BCUT2D eigenvalue weighted by atomic mass is 32.2. The molecule has 3 rings (SSSR count). The summed E-state index contributed by atoms with van der Waals surface area (Å²) < 4.78 is 26.4. The van der Waals surface area contributed by atoms with Crippen LogP contribution in [0.5, 0.6) is 0 Å². The van der Waals surface area contributed by atoms with E-state index in [1.807, 2.05) is 51.1 Å². The van der Waals surface area contributed by atoms with Gasteiger partial charge in [-0.05, 0) is 50.8 Å². The van der Waals surface area contributed by atoms with Crippen LogP contribution >= 0.6 is 0 Å². The van der Waals surface area contributed by atoms with E-state index in [0.717, 1.165) is 9.87 Å². The van der Waals surface area contributed by atoms with Crippen LogP contribution in [0, 0.1) is 0 Å². The van der Waals surface area contributed by atoms with Crippen LogP contribution in [0.25, 0.3) is 0 Å². The first-order valence-corrected chi connectivity index (χ1v) is 13.4. The van der Waals surface area contributed by atoms with E-state index >= 15 is 0 Å². The summed E-state index contributed by atoms with van der Waals surface area (Å²) in [6.07, 6.45) is 1.23. The molecular formula is C26H33N3O5S. The summed E-state index contributed by atoms with van der Waals surface area (Å²) in [6, 6.07) is 15.1. The van der Waals surface area contributed by atoms with Crippen molar-refractivity contribution in [2.75, 3.05) is 13.1 Å². The van der Waals surface area contributed by atoms with E-state index in [9.17, 15) is 22.8 Å². The fourth-order valence-electron chi connectivity index (χ4n) is 4.25. The molecule has 0 saturated carbocycles. The molecule has 0 spiro atoms. The molecule has 35 heavy (non-hydrogen) atoms. The van der Waals surface area contributed by atoms with Gasteiger partial charge in [-0.15, -0.1) is 0 Å². The van der Waals surface area contributed by atoms with Crippen LogP contribution in [-0.4, -0.2) is 60.5 Å². The highest BCUT2D eigenvalue weighted by molar-refractivity contribution is 7.90. The SMILES string of the molecule is CCC(C(=O)NC(C)C)N(CCc1ccccc1)C(=O)CCCN1C(=O)c2ccccc2S1(=O)=O. The van der Waals surface area contributed by atoms with Crippen LogP contribution in [0.15, 0.2) is 59.5 Å². The third-order valence-electron chi connectivity index (χ3n) is 5.96. The molecule has 2 aromatic rings. The van der Waals surface area contributed by atoms with Gasteiger partial charge < -0.3 is 10.2 Å². The number of nitrogens with zero attached hydrogens (tertiary/aromatic N) is 2. The Hall–Kier alpha value is -3.20. The van der Waals surface area contributed by atoms with Crippen molar-refractivity contribution < 1.29 is 22.8 Å². The molecule has 1 aliphatic rings. The van der Waals surface area contributed by atoms with Crippen LogP contribution in [-0.2, 0) is 26.0 Å². The summed E-state index contributed by atoms with van der Waals surface area (Å²) in [4.78, 5) is 40.3. The molecule has 0 aromatic heterocycles. The van der Waals surface area contributed by atoms with E-state index in [1.54, 1.807) is 17.0 Å². The van der Waals surface area contributed by atoms with Gasteiger partial charge in [0.1, 0.15) is 10.9 Å². The lowest BCUT2D eigenvalue weighted by atomic mass is 10.1. The van der Waals surface area contributed by atoms with Gasteiger partial charge in [0.25, 0.3) is 15.9 Å². The third kappa shape index (κ3) is 6.08. The lowest BCUT2D eigenvalue weighted by Gasteiger charge is -2.31. The molecule has 0 aliphatic carbocycles. The first kappa shape index (κ1) is 26.4. The molecule has 8 nitrogen and oxygen atoms in total. The largest absolute Gasteiger partial charge is 0.352 e. The maximum absolute atomic E-state index is 13.3. The molecule has 1 heterocycles. The zero-order chi connectivity index (χ0) is 25.6. The van der Waals surface area contributed by atoms with E-state index in [-0.39, 0.29) is 47.7 Å². The lowest BCUT2D eigenvalue weighted by molar-refractivity contribution is -0.141. The minimum atomic E-state index is -3.91. The highest BCUT2D eigenvalue weighted by Crippen LogP contribution is 2.30. The van der Waals surface area contributed by atoms with Crippen molar-refractivity contribution in [3.8, 4) is 0 Å². The summed E-state index contributed by atoms with van der Waals surface area (Å²) in [5.41, 5.74) is 1.20. The van der Waals surface area contributed by atoms with Crippen molar-refractivity contribution in [3.63, 3.8) is 0 Å². The van der Waals surface area contributed by atoms with Crippen molar-refractivity contribution in [2.45, 2.75) is 63.4 Å². The van der Waals surface area contributed by atoms with Crippen molar-refractivity contribution in [2.24, 2.45) is 0 Å². The number of hydrogen-bond acceptors (Lipinski definition) is 5. The number of hydrogen-bond donors (Lipinski definition) is 1. The summed E-state index contributed by atoms with van der Waals surface area (Å²) >= 11 is 0. The van der Waals surface area contributed by atoms with Gasteiger partial charge in [-0.3, -0.25) is 14.4 Å². The predicted molar refractivity (Wildman–Crippen MR) is 133 cm³/mol. The van der Waals surface area contributed by atoms with Crippen molar-refractivity contribution in [3.05, 3.63) is 65.7 Å². The molecule has 0 fully saturated rings. The topological polar surface area (TPSA) is 104 Å². The molecule has 188 valence electrons. The number of rotatable bonds is 11. The fraction of sp³-hybridized carbons (Fsp3) is 0.423. The van der Waals surface area contributed by atoms with Gasteiger partial charge in [0.2, 0.25) is 11.8 Å². The van der Waals surface area contributed by atoms with Crippen LogP contribution in [0.1, 0.15) is 56.0 Å². The van der Waals surface area contributed by atoms with E-state index in [4.69, 9.17) is 0 Å². The molecule has 3 amide bonds. The molecule has 1 N–H and O–H groups in total. The Kier molecular flexibility index (Phi) is 8.67. The van der Waals surface area contributed by atoms with Gasteiger partial charge in [-0.25, -0.2) is 12.7 Å². The number of fused-ring (bicyclic) bond motifs is 1. The minimum Gasteiger partial charge on any atom is -0.352 e. The minimum absolute atomic E-state index is 0.00258. The van der Waals surface area contributed by atoms with E-state index in [2.05, 4.69) is 5.32 Å². The average molecular weight is 500 g/mol. The third-order valence-corrected chi connectivity index (χ3v) is 7.81. The number of amides is 3. The Morgan fingerprint density at radius 1 is 1.03 bits per heavy atom. The molecule has 9 heteroatoms. The zero-order valence-electron chi connectivity index (χ0n) is 20.4. The van der Waals surface area contributed by atoms with E-state index < -0.39 is 22.0 Å². The van der Waals surface area contributed by atoms with E-state index in [1.165, 1.54) is 12.1 Å². The number of carbonyl (C=O) groups is 3. The molecule has 1 atom stereocenters. The number of benzene rings is 2. The quantitative estimate of drug-likeness (QED) is 0.512. The molecule has 0 bridgehead atoms. The maximum Gasteiger partial charge on any atom is 0.269 e. The fourth-order valence-corrected chi connectivity index (χ4v) is 5.85. The Bertz CT molecular complexity index is 1160. The number of sulfonamides is 1. The van der Waals surface area contributed by atoms with Gasteiger partial charge in [-0.1, -0.05) is 49.4 Å². The van der Waals surface area contributed by atoms with Crippen molar-refractivity contribution in [1.29, 1.82) is 0 Å². The Morgan fingerprint density at radius 3 is 2.31 bits per heavy atom. The molecule has 2 aromatic carbocycles. The maximum atomic E-state index is 13.3. The van der Waals surface area contributed by atoms with Gasteiger partial charge >= 0.3 is 0 Å². The number of nitrogens with one attached hydrogen (secondary N) is 1. The standard InChI is InChI=1S/C26H33N3O5S/c1-4-22(25(31)27-19(2)3)28(18-16-20-11-6-5-7-12-20)24(30)15-10-17-29-26(32)21-13-8-9-14-23(21)35(29,33)34/h5-9,11-14,19,22H,4,10,15-18H2,1-3H3,(H,27,31). The Morgan fingerprint density at radius 2 is 1.69 bits per heavy atom.